The third-order valence-corrected chi connectivity index (χ3v) is 5.78. The lowest BCUT2D eigenvalue weighted by Gasteiger charge is -2.34. The summed E-state index contributed by atoms with van der Waals surface area (Å²) in [5.74, 6) is -0.0900. The van der Waals surface area contributed by atoms with Crippen molar-refractivity contribution in [1.82, 2.24) is 15.3 Å². The fourth-order valence-electron chi connectivity index (χ4n) is 2.63. The molecule has 2 heterocycles. The second kappa shape index (κ2) is 4.98. The minimum absolute atomic E-state index is 0.0912. The number of fused-ring (bicyclic) bond motifs is 1. The first kappa shape index (κ1) is 14.8. The molecule has 2 aromatic rings. The van der Waals surface area contributed by atoms with Gasteiger partial charge in [-0.1, -0.05) is 0 Å². The molecular weight excluding hydrogens is 306 g/mol. The van der Waals surface area contributed by atoms with Crippen LogP contribution in [0.1, 0.15) is 30.1 Å². The van der Waals surface area contributed by atoms with Crippen molar-refractivity contribution in [2.45, 2.75) is 25.3 Å². The Morgan fingerprint density at radius 2 is 1.82 bits per heavy atom. The summed E-state index contributed by atoms with van der Waals surface area (Å²) < 4.78 is 23.0. The van der Waals surface area contributed by atoms with Gasteiger partial charge in [-0.15, -0.1) is 0 Å². The number of carbonyl (C=O) groups is 1. The van der Waals surface area contributed by atoms with Crippen LogP contribution in [-0.2, 0) is 9.84 Å². The monoisotopic (exact) mass is 323 g/mol. The molecule has 3 rings (SSSR count). The Morgan fingerprint density at radius 1 is 1.18 bits per heavy atom. The molecule has 1 amide bonds. The van der Waals surface area contributed by atoms with Crippen molar-refractivity contribution in [3.8, 4) is 0 Å². The SMILES string of the molecule is CC1(NC(=O)c2ccc3[nH]c(=O)[nH]c3c2)CCS(=O)(=O)CC1. The largest absolute Gasteiger partial charge is 0.347 e. The van der Waals surface area contributed by atoms with E-state index in [0.717, 1.165) is 0 Å². The average molecular weight is 323 g/mol. The van der Waals surface area contributed by atoms with Crippen LogP contribution in [-0.4, -0.2) is 41.3 Å². The molecule has 1 aromatic heterocycles. The number of hydrogen-bond donors (Lipinski definition) is 3. The van der Waals surface area contributed by atoms with Gasteiger partial charge in [0.15, 0.2) is 0 Å². The van der Waals surface area contributed by atoms with E-state index in [9.17, 15) is 18.0 Å². The van der Waals surface area contributed by atoms with Crippen LogP contribution in [0.15, 0.2) is 23.0 Å². The quantitative estimate of drug-likeness (QED) is 0.749. The maximum Gasteiger partial charge on any atom is 0.323 e. The Kier molecular flexibility index (Phi) is 3.36. The summed E-state index contributed by atoms with van der Waals surface area (Å²) in [6.07, 6.45) is 0.814. The molecule has 0 atom stereocenters. The number of carbonyl (C=O) groups excluding carboxylic acids is 1. The zero-order chi connectivity index (χ0) is 16.0. The van der Waals surface area contributed by atoms with Crippen LogP contribution in [0.5, 0.6) is 0 Å². The van der Waals surface area contributed by atoms with E-state index in [0.29, 0.717) is 29.4 Å². The molecule has 8 heteroatoms. The van der Waals surface area contributed by atoms with E-state index in [1.54, 1.807) is 18.2 Å². The molecule has 7 nitrogen and oxygen atoms in total. The number of sulfone groups is 1. The average Bonchev–Trinajstić information content (AvgIpc) is 2.82. The molecule has 1 aliphatic rings. The smallest absolute Gasteiger partial charge is 0.323 e. The van der Waals surface area contributed by atoms with Gasteiger partial charge in [0.05, 0.1) is 22.5 Å². The highest BCUT2D eigenvalue weighted by atomic mass is 32.2. The van der Waals surface area contributed by atoms with E-state index < -0.39 is 15.4 Å². The van der Waals surface area contributed by atoms with Crippen molar-refractivity contribution in [1.29, 1.82) is 0 Å². The van der Waals surface area contributed by atoms with Gasteiger partial charge in [0.1, 0.15) is 9.84 Å². The molecule has 0 spiro atoms. The van der Waals surface area contributed by atoms with E-state index >= 15 is 0 Å². The summed E-state index contributed by atoms with van der Waals surface area (Å²) in [4.78, 5) is 28.8. The predicted octanol–water partition coefficient (Wildman–Crippen LogP) is 0.553. The first-order valence-corrected chi connectivity index (χ1v) is 8.84. The van der Waals surface area contributed by atoms with Crippen LogP contribution in [0, 0.1) is 0 Å². The first-order valence-electron chi connectivity index (χ1n) is 7.01. The van der Waals surface area contributed by atoms with Gasteiger partial charge in [-0.25, -0.2) is 13.2 Å². The van der Waals surface area contributed by atoms with Crippen molar-refractivity contribution >= 4 is 26.8 Å². The van der Waals surface area contributed by atoms with Gasteiger partial charge in [0.2, 0.25) is 0 Å². The summed E-state index contributed by atoms with van der Waals surface area (Å²) in [7, 11) is -2.98. The lowest BCUT2D eigenvalue weighted by Crippen LogP contribution is -2.50. The van der Waals surface area contributed by atoms with Crippen LogP contribution in [0.25, 0.3) is 11.0 Å². The van der Waals surface area contributed by atoms with E-state index in [1.807, 2.05) is 6.92 Å². The molecule has 1 fully saturated rings. The van der Waals surface area contributed by atoms with Crippen molar-refractivity contribution < 1.29 is 13.2 Å². The van der Waals surface area contributed by atoms with Crippen LogP contribution in [0.3, 0.4) is 0 Å². The maximum atomic E-state index is 12.4. The number of aromatic amines is 2. The fourth-order valence-corrected chi connectivity index (χ4v) is 4.36. The van der Waals surface area contributed by atoms with E-state index in [4.69, 9.17) is 0 Å². The highest BCUT2D eigenvalue weighted by Crippen LogP contribution is 2.24. The fraction of sp³-hybridized carbons (Fsp3) is 0.429. The Bertz CT molecular complexity index is 880. The number of nitrogens with one attached hydrogen (secondary N) is 3. The normalized spacial score (nSPS) is 19.9. The Morgan fingerprint density at radius 3 is 2.50 bits per heavy atom. The van der Waals surface area contributed by atoms with Crippen molar-refractivity contribution in [3.63, 3.8) is 0 Å². The van der Waals surface area contributed by atoms with Crippen molar-refractivity contribution in [2.75, 3.05) is 11.5 Å². The number of hydrogen-bond acceptors (Lipinski definition) is 4. The number of aromatic nitrogens is 2. The lowest BCUT2D eigenvalue weighted by molar-refractivity contribution is 0.0900. The summed E-state index contributed by atoms with van der Waals surface area (Å²) in [5.41, 5.74) is 0.781. The zero-order valence-corrected chi connectivity index (χ0v) is 12.9. The number of H-pyrrole nitrogens is 2. The third kappa shape index (κ3) is 2.92. The Hall–Kier alpha value is -2.09. The maximum absolute atomic E-state index is 12.4. The summed E-state index contributed by atoms with van der Waals surface area (Å²) in [5, 5.41) is 2.92. The number of benzene rings is 1. The molecule has 3 N–H and O–H groups in total. The van der Waals surface area contributed by atoms with Crippen LogP contribution >= 0.6 is 0 Å². The van der Waals surface area contributed by atoms with Crippen LogP contribution in [0.2, 0.25) is 0 Å². The Labute approximate surface area is 127 Å². The second-order valence-corrected chi connectivity index (χ2v) is 8.31. The van der Waals surface area contributed by atoms with Gasteiger partial charge in [-0.3, -0.25) is 4.79 Å². The summed E-state index contributed by atoms with van der Waals surface area (Å²) in [6, 6.07) is 4.89. The molecule has 1 aromatic carbocycles. The Balaban J connectivity index is 1.79. The lowest BCUT2D eigenvalue weighted by atomic mass is 9.94. The molecule has 0 radical (unpaired) electrons. The van der Waals surface area contributed by atoms with Crippen molar-refractivity contribution in [3.05, 3.63) is 34.2 Å². The third-order valence-electron chi connectivity index (χ3n) is 4.12. The van der Waals surface area contributed by atoms with Gasteiger partial charge in [0.25, 0.3) is 5.91 Å². The standard InChI is InChI=1S/C14H17N3O4S/c1-14(4-6-22(20,21)7-5-14)17-12(18)9-2-3-10-11(8-9)16-13(19)15-10/h2-3,8H,4-7H2,1H3,(H,17,18)(H2,15,16,19). The molecule has 1 aliphatic heterocycles. The summed E-state index contributed by atoms with van der Waals surface area (Å²) in [6.45, 7) is 1.86. The molecule has 118 valence electrons. The topological polar surface area (TPSA) is 112 Å². The molecular formula is C14H17N3O4S. The molecule has 0 bridgehead atoms. The highest BCUT2D eigenvalue weighted by molar-refractivity contribution is 7.91. The van der Waals surface area contributed by atoms with E-state index in [1.165, 1.54) is 0 Å². The predicted molar refractivity (Wildman–Crippen MR) is 82.7 cm³/mol. The highest BCUT2D eigenvalue weighted by Gasteiger charge is 2.34. The number of imidazole rings is 1. The van der Waals surface area contributed by atoms with Crippen LogP contribution < -0.4 is 11.0 Å². The molecule has 1 saturated heterocycles. The van der Waals surface area contributed by atoms with Gasteiger partial charge in [-0.05, 0) is 38.0 Å². The van der Waals surface area contributed by atoms with Crippen molar-refractivity contribution in [2.24, 2.45) is 0 Å². The van der Waals surface area contributed by atoms with E-state index in [-0.39, 0.29) is 23.1 Å². The number of amides is 1. The van der Waals surface area contributed by atoms with Crippen LogP contribution in [0.4, 0.5) is 0 Å². The zero-order valence-electron chi connectivity index (χ0n) is 12.1. The minimum atomic E-state index is -2.98. The molecule has 0 saturated carbocycles. The van der Waals surface area contributed by atoms with Gasteiger partial charge < -0.3 is 15.3 Å². The van der Waals surface area contributed by atoms with Gasteiger partial charge >= 0.3 is 5.69 Å². The minimum Gasteiger partial charge on any atom is -0.347 e. The molecule has 22 heavy (non-hydrogen) atoms. The van der Waals surface area contributed by atoms with E-state index in [2.05, 4.69) is 15.3 Å². The summed E-state index contributed by atoms with van der Waals surface area (Å²) >= 11 is 0. The first-order chi connectivity index (χ1) is 10.3. The number of rotatable bonds is 2. The van der Waals surface area contributed by atoms with Gasteiger partial charge in [-0.2, -0.15) is 0 Å². The molecule has 0 aliphatic carbocycles. The second-order valence-electron chi connectivity index (χ2n) is 6.01. The molecule has 0 unspecified atom stereocenters. The van der Waals surface area contributed by atoms with Gasteiger partial charge in [0, 0.05) is 11.1 Å².